The lowest BCUT2D eigenvalue weighted by molar-refractivity contribution is -0.110. The third-order valence-corrected chi connectivity index (χ3v) is 5.47. The zero-order valence-electron chi connectivity index (χ0n) is 16.1. The summed E-state index contributed by atoms with van der Waals surface area (Å²) in [5, 5.41) is 32.0. The molecule has 1 saturated carbocycles. The number of amides is 1. The molecule has 1 rings (SSSR count). The van der Waals surface area contributed by atoms with Crippen LogP contribution in [0.2, 0.25) is 0 Å². The van der Waals surface area contributed by atoms with Gasteiger partial charge in [0, 0.05) is 18.4 Å². The first kappa shape index (κ1) is 22.7. The van der Waals surface area contributed by atoms with Gasteiger partial charge in [-0.3, -0.25) is 4.79 Å². The van der Waals surface area contributed by atoms with Crippen molar-refractivity contribution in [3.63, 3.8) is 0 Å². The Hall–Kier alpha value is -1.38. The summed E-state index contributed by atoms with van der Waals surface area (Å²) in [6.45, 7) is 2.14. The van der Waals surface area contributed by atoms with E-state index < -0.39 is 12.2 Å². The first-order valence-electron chi connectivity index (χ1n) is 10.2. The molecular formula is C21H36N2O3. The molecule has 0 aromatic heterocycles. The van der Waals surface area contributed by atoms with E-state index in [4.69, 9.17) is 5.26 Å². The Labute approximate surface area is 158 Å². The quantitative estimate of drug-likeness (QED) is 0.250. The minimum absolute atomic E-state index is 0.00603. The fraction of sp³-hybridized carbons (Fsp3) is 0.810. The van der Waals surface area contributed by atoms with Crippen LogP contribution in [0.4, 0.5) is 0 Å². The molecule has 5 nitrogen and oxygen atoms in total. The molecule has 0 radical (unpaired) electrons. The molecule has 5 heteroatoms. The van der Waals surface area contributed by atoms with Crippen molar-refractivity contribution >= 4 is 6.41 Å². The minimum Gasteiger partial charge on any atom is -0.392 e. The molecule has 0 unspecified atom stereocenters. The molecule has 0 saturated heterocycles. The van der Waals surface area contributed by atoms with Gasteiger partial charge < -0.3 is 15.5 Å². The Morgan fingerprint density at radius 1 is 1.23 bits per heavy atom. The molecule has 1 amide bonds. The van der Waals surface area contributed by atoms with Crippen molar-refractivity contribution in [2.45, 2.75) is 95.8 Å². The second-order valence-electron chi connectivity index (χ2n) is 7.49. The number of nitrogens with zero attached hydrogens (tertiary/aromatic N) is 1. The number of carbonyl (C=O) groups is 1. The Morgan fingerprint density at radius 3 is 2.69 bits per heavy atom. The highest BCUT2D eigenvalue weighted by molar-refractivity contribution is 5.47. The second-order valence-corrected chi connectivity index (χ2v) is 7.49. The van der Waals surface area contributed by atoms with Crippen LogP contribution in [0.5, 0.6) is 0 Å². The van der Waals surface area contributed by atoms with E-state index in [1.807, 2.05) is 12.2 Å². The molecule has 0 aromatic rings. The summed E-state index contributed by atoms with van der Waals surface area (Å²) >= 11 is 0. The largest absolute Gasteiger partial charge is 0.392 e. The van der Waals surface area contributed by atoms with E-state index in [1.54, 1.807) is 0 Å². The maximum Gasteiger partial charge on any atom is 0.207 e. The topological polar surface area (TPSA) is 93.4 Å². The Kier molecular flexibility index (Phi) is 12.0. The second kappa shape index (κ2) is 13.8. The molecule has 0 aromatic carbocycles. The first-order chi connectivity index (χ1) is 12.6. The maximum atomic E-state index is 10.9. The van der Waals surface area contributed by atoms with E-state index in [0.717, 1.165) is 64.2 Å². The van der Waals surface area contributed by atoms with Gasteiger partial charge in [-0.2, -0.15) is 5.26 Å². The van der Waals surface area contributed by atoms with E-state index in [9.17, 15) is 15.0 Å². The van der Waals surface area contributed by atoms with Gasteiger partial charge in [-0.1, -0.05) is 57.6 Å². The summed E-state index contributed by atoms with van der Waals surface area (Å²) in [6, 6.07) is 2.16. The number of hydrogen-bond donors (Lipinski definition) is 3. The fourth-order valence-corrected chi connectivity index (χ4v) is 3.98. The lowest BCUT2D eigenvalue weighted by Crippen LogP contribution is -2.33. The number of carbonyl (C=O) groups excluding carboxylic acids is 1. The third-order valence-electron chi connectivity index (χ3n) is 5.47. The molecule has 0 aliphatic heterocycles. The Balaban J connectivity index is 2.55. The number of unbranched alkanes of at least 4 members (excludes halogenated alkanes) is 6. The summed E-state index contributed by atoms with van der Waals surface area (Å²) < 4.78 is 0. The molecule has 0 spiro atoms. The van der Waals surface area contributed by atoms with Crippen molar-refractivity contribution in [3.8, 4) is 6.07 Å². The Bertz CT molecular complexity index is 447. The van der Waals surface area contributed by atoms with Crippen LogP contribution in [0.15, 0.2) is 12.2 Å². The molecule has 0 heterocycles. The monoisotopic (exact) mass is 364 g/mol. The molecular weight excluding hydrogens is 328 g/mol. The van der Waals surface area contributed by atoms with Crippen molar-refractivity contribution in [1.29, 1.82) is 5.26 Å². The van der Waals surface area contributed by atoms with Crippen molar-refractivity contribution in [3.05, 3.63) is 12.2 Å². The SMILES string of the molecule is CCCCC[C@H](O)C=C[C@@H]1[C@@H](CCCCCCC#N)[C@H](NC=O)C[C@@H]1O. The average molecular weight is 365 g/mol. The third kappa shape index (κ3) is 8.33. The van der Waals surface area contributed by atoms with Crippen LogP contribution in [0, 0.1) is 23.2 Å². The number of rotatable bonds is 14. The maximum absolute atomic E-state index is 10.9. The zero-order valence-corrected chi connectivity index (χ0v) is 16.1. The predicted octanol–water partition coefficient (Wildman–Crippen LogP) is 3.46. The van der Waals surface area contributed by atoms with Gasteiger partial charge in [0.15, 0.2) is 0 Å². The normalized spacial score (nSPS) is 26.7. The summed E-state index contributed by atoms with van der Waals surface area (Å²) in [5.74, 6) is 0.178. The molecule has 0 bridgehead atoms. The highest BCUT2D eigenvalue weighted by atomic mass is 16.3. The van der Waals surface area contributed by atoms with E-state index in [0.29, 0.717) is 12.8 Å². The van der Waals surface area contributed by atoms with E-state index in [2.05, 4.69) is 18.3 Å². The van der Waals surface area contributed by atoms with Crippen LogP contribution in [0.1, 0.15) is 77.6 Å². The molecule has 1 aliphatic rings. The Morgan fingerprint density at radius 2 is 2.00 bits per heavy atom. The highest BCUT2D eigenvalue weighted by Gasteiger charge is 2.40. The van der Waals surface area contributed by atoms with Crippen LogP contribution in [-0.2, 0) is 4.79 Å². The van der Waals surface area contributed by atoms with Gasteiger partial charge in [-0.05, 0) is 31.6 Å². The summed E-state index contributed by atoms with van der Waals surface area (Å²) in [7, 11) is 0. The minimum atomic E-state index is -0.477. The number of hydrogen-bond acceptors (Lipinski definition) is 4. The van der Waals surface area contributed by atoms with Gasteiger partial charge in [-0.15, -0.1) is 0 Å². The highest BCUT2D eigenvalue weighted by Crippen LogP contribution is 2.37. The number of aliphatic hydroxyl groups excluding tert-OH is 2. The van der Waals surface area contributed by atoms with E-state index >= 15 is 0 Å². The zero-order chi connectivity index (χ0) is 19.2. The van der Waals surface area contributed by atoms with Crippen LogP contribution in [-0.4, -0.2) is 34.9 Å². The first-order valence-corrected chi connectivity index (χ1v) is 10.2. The molecule has 1 aliphatic carbocycles. The van der Waals surface area contributed by atoms with Crippen molar-refractivity contribution in [2.75, 3.05) is 0 Å². The van der Waals surface area contributed by atoms with Crippen molar-refractivity contribution < 1.29 is 15.0 Å². The summed E-state index contributed by atoms with van der Waals surface area (Å²) in [6.07, 6.45) is 13.8. The predicted molar refractivity (Wildman–Crippen MR) is 103 cm³/mol. The summed E-state index contributed by atoms with van der Waals surface area (Å²) in [4.78, 5) is 10.9. The van der Waals surface area contributed by atoms with Crippen molar-refractivity contribution in [1.82, 2.24) is 5.32 Å². The van der Waals surface area contributed by atoms with Gasteiger partial charge in [0.2, 0.25) is 6.41 Å². The van der Waals surface area contributed by atoms with Crippen LogP contribution >= 0.6 is 0 Å². The van der Waals surface area contributed by atoms with Crippen molar-refractivity contribution in [2.24, 2.45) is 11.8 Å². The van der Waals surface area contributed by atoms with Gasteiger partial charge in [0.1, 0.15) is 0 Å². The number of nitriles is 1. The van der Waals surface area contributed by atoms with Gasteiger partial charge in [-0.25, -0.2) is 0 Å². The van der Waals surface area contributed by atoms with Gasteiger partial charge >= 0.3 is 0 Å². The summed E-state index contributed by atoms with van der Waals surface area (Å²) in [5.41, 5.74) is 0. The fourth-order valence-electron chi connectivity index (χ4n) is 3.98. The molecule has 3 N–H and O–H groups in total. The van der Waals surface area contributed by atoms with Crippen LogP contribution in [0.3, 0.4) is 0 Å². The average Bonchev–Trinajstić information content (AvgIpc) is 2.91. The van der Waals surface area contributed by atoms with Crippen LogP contribution in [0.25, 0.3) is 0 Å². The standard InChI is InChI=1S/C21H36N2O3/c1-2-3-7-10-17(25)12-13-19-18(11-8-5-4-6-9-14-22)20(23-16-24)15-21(19)26/h12-13,16-21,25-26H,2-11,15H2,1H3,(H,23,24)/t17-,18+,19+,20+,21-/m0/s1. The lowest BCUT2D eigenvalue weighted by Gasteiger charge is -2.23. The van der Waals surface area contributed by atoms with Gasteiger partial charge in [0.05, 0.1) is 18.3 Å². The lowest BCUT2D eigenvalue weighted by atomic mass is 9.87. The van der Waals surface area contributed by atoms with E-state index in [-0.39, 0.29) is 17.9 Å². The van der Waals surface area contributed by atoms with Crippen LogP contribution < -0.4 is 5.32 Å². The van der Waals surface area contributed by atoms with E-state index in [1.165, 1.54) is 0 Å². The number of nitrogens with one attached hydrogen (secondary N) is 1. The van der Waals surface area contributed by atoms with Gasteiger partial charge in [0.25, 0.3) is 0 Å². The molecule has 26 heavy (non-hydrogen) atoms. The number of aliphatic hydroxyl groups is 2. The smallest absolute Gasteiger partial charge is 0.207 e. The molecule has 1 fully saturated rings. The molecule has 5 atom stereocenters. The molecule has 148 valence electrons.